The maximum Gasteiger partial charge on any atom is 0.123 e. The normalized spacial score (nSPS) is 33.3. The van der Waals surface area contributed by atoms with E-state index in [0.717, 1.165) is 6.42 Å². The molecule has 0 aromatic heterocycles. The Labute approximate surface area is 81.9 Å². The minimum absolute atomic E-state index is 0.309. The standard InChI is InChI=1S/C12H22O/c1-9(2)11-5-6-12(3,4)7-10(11)8-13/h8-11H,5-7H2,1-4H3/t10-,11-/m1/s1. The molecular weight excluding hydrogens is 160 g/mol. The van der Waals surface area contributed by atoms with Crippen molar-refractivity contribution in [2.24, 2.45) is 23.2 Å². The minimum atomic E-state index is 0.309. The predicted molar refractivity (Wildman–Crippen MR) is 55.5 cm³/mol. The van der Waals surface area contributed by atoms with Crippen molar-refractivity contribution in [1.82, 2.24) is 0 Å². The van der Waals surface area contributed by atoms with Crippen LogP contribution in [0.3, 0.4) is 0 Å². The molecule has 76 valence electrons. The lowest BCUT2D eigenvalue weighted by atomic mass is 9.65. The van der Waals surface area contributed by atoms with Gasteiger partial charge in [0.25, 0.3) is 0 Å². The van der Waals surface area contributed by atoms with Crippen molar-refractivity contribution in [2.45, 2.75) is 47.0 Å². The van der Waals surface area contributed by atoms with Crippen molar-refractivity contribution in [3.05, 3.63) is 0 Å². The number of hydrogen-bond acceptors (Lipinski definition) is 1. The van der Waals surface area contributed by atoms with Crippen LogP contribution in [0.15, 0.2) is 0 Å². The second kappa shape index (κ2) is 3.81. The summed E-state index contributed by atoms with van der Waals surface area (Å²) in [7, 11) is 0. The van der Waals surface area contributed by atoms with Gasteiger partial charge in [0.1, 0.15) is 6.29 Å². The molecule has 1 aliphatic rings. The Hall–Kier alpha value is -0.330. The predicted octanol–water partition coefficient (Wildman–Crippen LogP) is 3.28. The Bertz CT molecular complexity index is 182. The summed E-state index contributed by atoms with van der Waals surface area (Å²) in [5.74, 6) is 1.60. The molecule has 0 N–H and O–H groups in total. The molecule has 0 amide bonds. The molecule has 1 heteroatoms. The van der Waals surface area contributed by atoms with Crippen molar-refractivity contribution < 1.29 is 4.79 Å². The molecule has 0 aromatic rings. The van der Waals surface area contributed by atoms with E-state index in [4.69, 9.17) is 0 Å². The van der Waals surface area contributed by atoms with Crippen molar-refractivity contribution in [2.75, 3.05) is 0 Å². The van der Waals surface area contributed by atoms with Crippen molar-refractivity contribution in [3.8, 4) is 0 Å². The van der Waals surface area contributed by atoms with E-state index in [0.29, 0.717) is 23.2 Å². The second-order valence-corrected chi connectivity index (χ2v) is 5.61. The highest BCUT2D eigenvalue weighted by atomic mass is 16.1. The summed E-state index contributed by atoms with van der Waals surface area (Å²) in [4.78, 5) is 11.0. The lowest BCUT2D eigenvalue weighted by Gasteiger charge is -2.40. The summed E-state index contributed by atoms with van der Waals surface area (Å²) >= 11 is 0. The molecule has 0 spiro atoms. The summed E-state index contributed by atoms with van der Waals surface area (Å²) in [6, 6.07) is 0. The first-order valence-corrected chi connectivity index (χ1v) is 5.41. The molecule has 2 atom stereocenters. The van der Waals surface area contributed by atoms with Gasteiger partial charge < -0.3 is 4.79 Å². The van der Waals surface area contributed by atoms with E-state index in [9.17, 15) is 4.79 Å². The highest BCUT2D eigenvalue weighted by molar-refractivity contribution is 5.54. The largest absolute Gasteiger partial charge is 0.303 e. The van der Waals surface area contributed by atoms with E-state index >= 15 is 0 Å². The van der Waals surface area contributed by atoms with Gasteiger partial charge in [-0.2, -0.15) is 0 Å². The molecule has 1 rings (SSSR count). The number of hydrogen-bond donors (Lipinski definition) is 0. The van der Waals surface area contributed by atoms with Gasteiger partial charge in [-0.15, -0.1) is 0 Å². The van der Waals surface area contributed by atoms with E-state index in [-0.39, 0.29) is 0 Å². The fourth-order valence-corrected chi connectivity index (χ4v) is 2.64. The van der Waals surface area contributed by atoms with Gasteiger partial charge in [-0.25, -0.2) is 0 Å². The summed E-state index contributed by atoms with van der Waals surface area (Å²) in [6.07, 6.45) is 4.78. The first-order chi connectivity index (χ1) is 5.96. The molecule has 0 saturated heterocycles. The van der Waals surface area contributed by atoms with Crippen molar-refractivity contribution in [3.63, 3.8) is 0 Å². The first-order valence-electron chi connectivity index (χ1n) is 5.41. The quantitative estimate of drug-likeness (QED) is 0.599. The Kier molecular flexibility index (Phi) is 3.15. The highest BCUT2D eigenvalue weighted by Gasteiger charge is 2.35. The fraction of sp³-hybridized carbons (Fsp3) is 0.917. The first kappa shape index (κ1) is 10.7. The molecule has 1 nitrogen and oxygen atoms in total. The monoisotopic (exact) mass is 182 g/mol. The third-order valence-corrected chi connectivity index (χ3v) is 3.52. The molecule has 0 aliphatic heterocycles. The van der Waals surface area contributed by atoms with E-state index in [1.54, 1.807) is 0 Å². The topological polar surface area (TPSA) is 17.1 Å². The molecule has 0 unspecified atom stereocenters. The SMILES string of the molecule is CC(C)[C@H]1CCC(C)(C)C[C@@H]1C=O. The zero-order valence-corrected chi connectivity index (χ0v) is 9.34. The van der Waals surface area contributed by atoms with Crippen LogP contribution in [0, 0.1) is 23.2 Å². The number of rotatable bonds is 2. The van der Waals surface area contributed by atoms with Gasteiger partial charge in [0.2, 0.25) is 0 Å². The van der Waals surface area contributed by atoms with Crippen LogP contribution >= 0.6 is 0 Å². The van der Waals surface area contributed by atoms with E-state index in [1.165, 1.54) is 19.1 Å². The highest BCUT2D eigenvalue weighted by Crippen LogP contribution is 2.43. The summed E-state index contributed by atoms with van der Waals surface area (Å²) in [5, 5.41) is 0. The molecular formula is C12H22O. The third kappa shape index (κ3) is 2.55. The van der Waals surface area contributed by atoms with Gasteiger partial charge in [0.05, 0.1) is 0 Å². The van der Waals surface area contributed by atoms with Gasteiger partial charge in [0, 0.05) is 5.92 Å². The number of carbonyl (C=O) groups is 1. The zero-order valence-electron chi connectivity index (χ0n) is 9.34. The summed E-state index contributed by atoms with van der Waals surface area (Å²) in [5.41, 5.74) is 0.386. The molecule has 0 heterocycles. The van der Waals surface area contributed by atoms with Crippen LogP contribution < -0.4 is 0 Å². The summed E-state index contributed by atoms with van der Waals surface area (Å²) < 4.78 is 0. The molecule has 0 aromatic carbocycles. The van der Waals surface area contributed by atoms with E-state index in [1.807, 2.05) is 0 Å². The lowest BCUT2D eigenvalue weighted by Crippen LogP contribution is -2.33. The van der Waals surface area contributed by atoms with Gasteiger partial charge in [-0.3, -0.25) is 0 Å². The number of aldehydes is 1. The smallest absolute Gasteiger partial charge is 0.123 e. The van der Waals surface area contributed by atoms with Gasteiger partial charge in [-0.05, 0) is 36.5 Å². The van der Waals surface area contributed by atoms with E-state index < -0.39 is 0 Å². The van der Waals surface area contributed by atoms with Gasteiger partial charge in [0.15, 0.2) is 0 Å². The van der Waals surface area contributed by atoms with Crippen LogP contribution in [0.25, 0.3) is 0 Å². The third-order valence-electron chi connectivity index (χ3n) is 3.52. The Balaban J connectivity index is 2.66. The summed E-state index contributed by atoms with van der Waals surface area (Å²) in [6.45, 7) is 9.03. The minimum Gasteiger partial charge on any atom is -0.303 e. The van der Waals surface area contributed by atoms with Crippen LogP contribution in [0.4, 0.5) is 0 Å². The average molecular weight is 182 g/mol. The second-order valence-electron chi connectivity index (χ2n) is 5.61. The Morgan fingerprint density at radius 3 is 2.46 bits per heavy atom. The molecule has 1 saturated carbocycles. The fourth-order valence-electron chi connectivity index (χ4n) is 2.64. The molecule has 1 aliphatic carbocycles. The van der Waals surface area contributed by atoms with Gasteiger partial charge >= 0.3 is 0 Å². The van der Waals surface area contributed by atoms with Crippen molar-refractivity contribution >= 4 is 6.29 Å². The zero-order chi connectivity index (χ0) is 10.1. The number of carbonyl (C=O) groups excluding carboxylic acids is 1. The Morgan fingerprint density at radius 1 is 1.38 bits per heavy atom. The lowest BCUT2D eigenvalue weighted by molar-refractivity contribution is -0.115. The van der Waals surface area contributed by atoms with Crippen LogP contribution in [0.2, 0.25) is 0 Å². The van der Waals surface area contributed by atoms with Crippen LogP contribution in [0.5, 0.6) is 0 Å². The Morgan fingerprint density at radius 2 is 2.00 bits per heavy atom. The van der Waals surface area contributed by atoms with E-state index in [2.05, 4.69) is 27.7 Å². The van der Waals surface area contributed by atoms with Gasteiger partial charge in [-0.1, -0.05) is 27.7 Å². The van der Waals surface area contributed by atoms with Crippen LogP contribution in [0.1, 0.15) is 47.0 Å². The molecule has 13 heavy (non-hydrogen) atoms. The van der Waals surface area contributed by atoms with Crippen molar-refractivity contribution in [1.29, 1.82) is 0 Å². The molecule has 0 bridgehead atoms. The van der Waals surface area contributed by atoms with Crippen LogP contribution in [-0.2, 0) is 4.79 Å². The maximum atomic E-state index is 11.0. The molecule has 0 radical (unpaired) electrons. The van der Waals surface area contributed by atoms with Crippen LogP contribution in [-0.4, -0.2) is 6.29 Å². The molecule has 1 fully saturated rings. The maximum absolute atomic E-state index is 11.0. The average Bonchev–Trinajstić information content (AvgIpc) is 2.01.